The molecule has 7 nitrogen and oxygen atoms in total. The molecule has 2 aromatic rings. The molecular formula is C17H14ClN3O4. The molecule has 0 aromatic heterocycles. The number of hydrogen-bond acceptors (Lipinski definition) is 4. The predicted octanol–water partition coefficient (Wildman–Crippen LogP) is 3.31. The first-order valence-corrected chi connectivity index (χ1v) is 7.75. The number of amides is 4. The number of carbonyl (C=O) groups is 3. The van der Waals surface area contributed by atoms with E-state index in [9.17, 15) is 14.4 Å². The smallest absolute Gasteiger partial charge is 0.414 e. The summed E-state index contributed by atoms with van der Waals surface area (Å²) >= 11 is 5.97. The SMILES string of the molecule is CN1C(=O)[C@H](OC(=O)Nc2ccccc2Cl)N(c2ccccc2)C1=O. The van der Waals surface area contributed by atoms with E-state index in [4.69, 9.17) is 16.3 Å². The number of halogens is 1. The Kier molecular flexibility index (Phi) is 4.58. The van der Waals surface area contributed by atoms with Crippen molar-refractivity contribution >= 4 is 41.0 Å². The Balaban J connectivity index is 1.81. The number of nitrogens with one attached hydrogen (secondary N) is 1. The predicted molar refractivity (Wildman–Crippen MR) is 92.4 cm³/mol. The highest BCUT2D eigenvalue weighted by molar-refractivity contribution is 6.33. The number of carbonyl (C=O) groups excluding carboxylic acids is 3. The molecule has 1 atom stereocenters. The largest absolute Gasteiger partial charge is 0.415 e. The fourth-order valence-electron chi connectivity index (χ4n) is 2.37. The van der Waals surface area contributed by atoms with Crippen LogP contribution < -0.4 is 10.2 Å². The van der Waals surface area contributed by atoms with Crippen LogP contribution in [0.2, 0.25) is 5.02 Å². The van der Waals surface area contributed by atoms with Gasteiger partial charge in [0.25, 0.3) is 12.1 Å². The lowest BCUT2D eigenvalue weighted by molar-refractivity contribution is -0.132. The van der Waals surface area contributed by atoms with Crippen molar-refractivity contribution in [1.29, 1.82) is 0 Å². The van der Waals surface area contributed by atoms with Crippen LogP contribution in [0.1, 0.15) is 0 Å². The number of urea groups is 1. The van der Waals surface area contributed by atoms with Gasteiger partial charge in [-0.15, -0.1) is 0 Å². The maximum Gasteiger partial charge on any atom is 0.414 e. The third-order valence-electron chi connectivity index (χ3n) is 3.63. The molecule has 3 rings (SSSR count). The van der Waals surface area contributed by atoms with E-state index in [-0.39, 0.29) is 0 Å². The quantitative estimate of drug-likeness (QED) is 0.853. The van der Waals surface area contributed by atoms with Gasteiger partial charge in [-0.25, -0.2) is 14.5 Å². The van der Waals surface area contributed by atoms with Crippen LogP contribution in [0.5, 0.6) is 0 Å². The standard InChI is InChI=1S/C17H14ClN3O4/c1-20-14(22)15(21(17(20)24)11-7-3-2-4-8-11)25-16(23)19-13-10-6-5-9-12(13)18/h2-10,15H,1H3,(H,19,23)/t15-/m0/s1. The van der Waals surface area contributed by atoms with Gasteiger partial charge in [0.05, 0.1) is 10.7 Å². The van der Waals surface area contributed by atoms with E-state index in [1.165, 1.54) is 7.05 Å². The molecule has 1 heterocycles. The van der Waals surface area contributed by atoms with Crippen LogP contribution in [0.3, 0.4) is 0 Å². The summed E-state index contributed by atoms with van der Waals surface area (Å²) in [6.07, 6.45) is -2.28. The number of anilines is 2. The van der Waals surface area contributed by atoms with Crippen LogP contribution >= 0.6 is 11.6 Å². The zero-order valence-corrected chi connectivity index (χ0v) is 13.9. The minimum absolute atomic E-state index is 0.324. The highest BCUT2D eigenvalue weighted by atomic mass is 35.5. The summed E-state index contributed by atoms with van der Waals surface area (Å²) in [4.78, 5) is 38.8. The number of ether oxygens (including phenoxy) is 1. The summed E-state index contributed by atoms with van der Waals surface area (Å²) in [6.45, 7) is 0. The van der Waals surface area contributed by atoms with Crippen molar-refractivity contribution in [2.45, 2.75) is 6.23 Å². The molecule has 1 saturated heterocycles. The first-order chi connectivity index (χ1) is 12.0. The van der Waals surface area contributed by atoms with E-state index in [1.807, 2.05) is 0 Å². The molecule has 0 radical (unpaired) electrons. The number of para-hydroxylation sites is 2. The fourth-order valence-corrected chi connectivity index (χ4v) is 2.56. The second kappa shape index (κ2) is 6.82. The first-order valence-electron chi connectivity index (χ1n) is 7.37. The molecular weight excluding hydrogens is 346 g/mol. The summed E-state index contributed by atoms with van der Waals surface area (Å²) in [7, 11) is 1.33. The van der Waals surface area contributed by atoms with E-state index in [0.29, 0.717) is 16.4 Å². The highest BCUT2D eigenvalue weighted by Crippen LogP contribution is 2.26. The van der Waals surface area contributed by atoms with Crippen molar-refractivity contribution in [3.63, 3.8) is 0 Å². The summed E-state index contributed by atoms with van der Waals surface area (Å²) < 4.78 is 5.20. The van der Waals surface area contributed by atoms with Crippen LogP contribution in [-0.2, 0) is 9.53 Å². The molecule has 1 fully saturated rings. The van der Waals surface area contributed by atoms with Gasteiger partial charge < -0.3 is 4.74 Å². The third-order valence-corrected chi connectivity index (χ3v) is 3.96. The summed E-state index contributed by atoms with van der Waals surface area (Å²) in [6, 6.07) is 14.5. The number of rotatable bonds is 3. The monoisotopic (exact) mass is 359 g/mol. The Bertz CT molecular complexity index is 828. The van der Waals surface area contributed by atoms with Crippen LogP contribution in [0.15, 0.2) is 54.6 Å². The van der Waals surface area contributed by atoms with Crippen LogP contribution in [0.25, 0.3) is 0 Å². The minimum Gasteiger partial charge on any atom is -0.415 e. The molecule has 25 heavy (non-hydrogen) atoms. The third kappa shape index (κ3) is 3.27. The Morgan fingerprint density at radius 1 is 1.08 bits per heavy atom. The van der Waals surface area contributed by atoms with Crippen molar-refractivity contribution in [3.8, 4) is 0 Å². The van der Waals surface area contributed by atoms with Crippen molar-refractivity contribution in [2.75, 3.05) is 17.3 Å². The van der Waals surface area contributed by atoms with Gasteiger partial charge in [0.15, 0.2) is 0 Å². The topological polar surface area (TPSA) is 79.0 Å². The zero-order valence-electron chi connectivity index (χ0n) is 13.2. The van der Waals surface area contributed by atoms with Gasteiger partial charge in [0.2, 0.25) is 0 Å². The van der Waals surface area contributed by atoms with Crippen molar-refractivity contribution < 1.29 is 19.1 Å². The van der Waals surface area contributed by atoms with Gasteiger partial charge in [0, 0.05) is 12.7 Å². The lowest BCUT2D eigenvalue weighted by atomic mass is 10.3. The first kappa shape index (κ1) is 16.8. The second-order valence-corrected chi connectivity index (χ2v) is 5.66. The molecule has 1 aliphatic heterocycles. The van der Waals surface area contributed by atoms with Gasteiger partial charge in [0.1, 0.15) is 0 Å². The Morgan fingerprint density at radius 3 is 2.40 bits per heavy atom. The number of likely N-dealkylation sites (N-methyl/N-ethyl adjacent to an activating group) is 1. The van der Waals surface area contributed by atoms with Crippen molar-refractivity contribution in [2.24, 2.45) is 0 Å². The molecule has 1 aliphatic rings. The van der Waals surface area contributed by atoms with Gasteiger partial charge in [-0.1, -0.05) is 41.9 Å². The number of nitrogens with zero attached hydrogens (tertiary/aromatic N) is 2. The average molecular weight is 360 g/mol. The molecule has 0 unspecified atom stereocenters. The fraction of sp³-hybridized carbons (Fsp3) is 0.118. The van der Waals surface area contributed by atoms with Crippen LogP contribution in [-0.4, -0.2) is 36.2 Å². The molecule has 0 aliphatic carbocycles. The van der Waals surface area contributed by atoms with Crippen molar-refractivity contribution in [3.05, 3.63) is 59.6 Å². The molecule has 0 saturated carbocycles. The van der Waals surface area contributed by atoms with E-state index in [1.54, 1.807) is 54.6 Å². The molecule has 0 spiro atoms. The molecule has 2 aromatic carbocycles. The van der Waals surface area contributed by atoms with Crippen LogP contribution in [0.4, 0.5) is 21.0 Å². The second-order valence-electron chi connectivity index (χ2n) is 5.25. The van der Waals surface area contributed by atoms with Crippen molar-refractivity contribution in [1.82, 2.24) is 4.90 Å². The van der Waals surface area contributed by atoms with E-state index in [2.05, 4.69) is 5.32 Å². The van der Waals surface area contributed by atoms with E-state index in [0.717, 1.165) is 9.80 Å². The lowest BCUT2D eigenvalue weighted by Crippen LogP contribution is -2.39. The van der Waals surface area contributed by atoms with E-state index < -0.39 is 24.3 Å². The normalized spacial score (nSPS) is 17.0. The Labute approximate surface area is 148 Å². The number of imide groups is 1. The number of hydrogen-bond donors (Lipinski definition) is 1. The minimum atomic E-state index is -1.39. The summed E-state index contributed by atoms with van der Waals surface area (Å²) in [5.41, 5.74) is 0.784. The molecule has 0 bridgehead atoms. The Hall–Kier alpha value is -3.06. The van der Waals surface area contributed by atoms with Gasteiger partial charge >= 0.3 is 12.1 Å². The Morgan fingerprint density at radius 2 is 1.72 bits per heavy atom. The molecule has 128 valence electrons. The van der Waals surface area contributed by atoms with Gasteiger partial charge in [-0.2, -0.15) is 0 Å². The lowest BCUT2D eigenvalue weighted by Gasteiger charge is -2.21. The summed E-state index contributed by atoms with van der Waals surface area (Å²) in [5.74, 6) is -0.636. The zero-order chi connectivity index (χ0) is 18.0. The van der Waals surface area contributed by atoms with Gasteiger partial charge in [-0.05, 0) is 24.3 Å². The van der Waals surface area contributed by atoms with Crippen LogP contribution in [0, 0.1) is 0 Å². The summed E-state index contributed by atoms with van der Waals surface area (Å²) in [5, 5.41) is 2.78. The maximum atomic E-state index is 12.3. The highest BCUT2D eigenvalue weighted by Gasteiger charge is 2.46. The molecule has 8 heteroatoms. The average Bonchev–Trinajstić information content (AvgIpc) is 2.82. The molecule has 4 amide bonds. The number of benzene rings is 2. The van der Waals surface area contributed by atoms with Gasteiger partial charge in [-0.3, -0.25) is 15.0 Å². The van der Waals surface area contributed by atoms with E-state index >= 15 is 0 Å². The molecule has 1 N–H and O–H groups in total. The maximum absolute atomic E-state index is 12.3.